The summed E-state index contributed by atoms with van der Waals surface area (Å²) in [7, 11) is 0. The lowest BCUT2D eigenvalue weighted by molar-refractivity contribution is -0.150. The molecule has 0 atom stereocenters. The van der Waals surface area contributed by atoms with Crippen molar-refractivity contribution >= 4 is 5.97 Å². The number of ether oxygens (including phenoxy) is 4. The van der Waals surface area contributed by atoms with Gasteiger partial charge in [-0.25, -0.2) is 4.79 Å². The fourth-order valence-corrected chi connectivity index (χ4v) is 1.22. The molecule has 0 spiro atoms. The third-order valence-electron chi connectivity index (χ3n) is 2.38. The molecular formula is C15H30O5. The van der Waals surface area contributed by atoms with Crippen LogP contribution in [0.5, 0.6) is 0 Å². The Hall–Kier alpha value is -0.650. The molecule has 0 amide bonds. The summed E-state index contributed by atoms with van der Waals surface area (Å²) in [4.78, 5) is 11.2. The Kier molecular flexibility index (Phi) is 12.9. The van der Waals surface area contributed by atoms with Crippen molar-refractivity contribution < 1.29 is 23.7 Å². The SMILES string of the molecule is CC(C)CCOCCOCCOCC(=O)OCC(C)C. The molecule has 0 aliphatic carbocycles. The van der Waals surface area contributed by atoms with Gasteiger partial charge in [-0.15, -0.1) is 0 Å². The van der Waals surface area contributed by atoms with E-state index < -0.39 is 0 Å². The van der Waals surface area contributed by atoms with Crippen molar-refractivity contribution in [2.24, 2.45) is 11.8 Å². The molecule has 0 aromatic carbocycles. The number of rotatable bonds is 13. The van der Waals surface area contributed by atoms with Gasteiger partial charge < -0.3 is 18.9 Å². The summed E-state index contributed by atoms with van der Waals surface area (Å²) in [6.45, 7) is 11.5. The summed E-state index contributed by atoms with van der Waals surface area (Å²) in [5, 5.41) is 0. The number of esters is 1. The predicted octanol–water partition coefficient (Wildman–Crippen LogP) is 2.28. The minimum atomic E-state index is -0.323. The summed E-state index contributed by atoms with van der Waals surface area (Å²) < 4.78 is 20.8. The van der Waals surface area contributed by atoms with Gasteiger partial charge in [0.1, 0.15) is 6.61 Å². The van der Waals surface area contributed by atoms with Gasteiger partial charge >= 0.3 is 5.97 Å². The van der Waals surface area contributed by atoms with E-state index in [-0.39, 0.29) is 12.6 Å². The highest BCUT2D eigenvalue weighted by molar-refractivity contribution is 5.70. The molecule has 20 heavy (non-hydrogen) atoms. The third kappa shape index (κ3) is 15.4. The average molecular weight is 290 g/mol. The highest BCUT2D eigenvalue weighted by Gasteiger charge is 2.04. The van der Waals surface area contributed by atoms with E-state index in [2.05, 4.69) is 13.8 Å². The molecule has 0 aliphatic rings. The van der Waals surface area contributed by atoms with E-state index in [9.17, 15) is 4.79 Å². The van der Waals surface area contributed by atoms with E-state index in [0.717, 1.165) is 13.0 Å². The van der Waals surface area contributed by atoms with Crippen LogP contribution in [0.15, 0.2) is 0 Å². The first kappa shape index (κ1) is 19.4. The predicted molar refractivity (Wildman–Crippen MR) is 77.7 cm³/mol. The van der Waals surface area contributed by atoms with Crippen molar-refractivity contribution in [3.05, 3.63) is 0 Å². The van der Waals surface area contributed by atoms with E-state index in [0.29, 0.717) is 44.9 Å². The Morgan fingerprint density at radius 1 is 0.800 bits per heavy atom. The first-order valence-corrected chi connectivity index (χ1v) is 7.41. The van der Waals surface area contributed by atoms with Gasteiger partial charge in [-0.3, -0.25) is 0 Å². The number of carbonyl (C=O) groups excluding carboxylic acids is 1. The van der Waals surface area contributed by atoms with Crippen LogP contribution in [-0.2, 0) is 23.7 Å². The summed E-state index contributed by atoms with van der Waals surface area (Å²) in [6, 6.07) is 0. The Morgan fingerprint density at radius 2 is 1.35 bits per heavy atom. The van der Waals surface area contributed by atoms with Crippen LogP contribution in [0.3, 0.4) is 0 Å². The molecule has 0 saturated heterocycles. The van der Waals surface area contributed by atoms with Crippen molar-refractivity contribution in [3.8, 4) is 0 Å². The minimum Gasteiger partial charge on any atom is -0.464 e. The molecule has 0 aromatic rings. The summed E-state index contributed by atoms with van der Waals surface area (Å²) >= 11 is 0. The summed E-state index contributed by atoms with van der Waals surface area (Å²) in [5.74, 6) is 0.688. The Balaban J connectivity index is 3.14. The molecule has 0 N–H and O–H groups in total. The molecule has 0 aromatic heterocycles. The maximum atomic E-state index is 11.2. The van der Waals surface area contributed by atoms with Crippen LogP contribution in [0, 0.1) is 11.8 Å². The van der Waals surface area contributed by atoms with Gasteiger partial charge in [0.25, 0.3) is 0 Å². The molecular weight excluding hydrogens is 260 g/mol. The molecule has 5 heteroatoms. The molecule has 120 valence electrons. The molecule has 0 radical (unpaired) electrons. The van der Waals surface area contributed by atoms with Gasteiger partial charge in [-0.1, -0.05) is 27.7 Å². The van der Waals surface area contributed by atoms with E-state index >= 15 is 0 Å². The van der Waals surface area contributed by atoms with E-state index in [1.165, 1.54) is 0 Å². The average Bonchev–Trinajstić information content (AvgIpc) is 2.38. The molecule has 0 saturated carbocycles. The Labute approximate surface area is 122 Å². The first-order valence-electron chi connectivity index (χ1n) is 7.41. The van der Waals surface area contributed by atoms with Gasteiger partial charge in [0.15, 0.2) is 0 Å². The van der Waals surface area contributed by atoms with Crippen molar-refractivity contribution in [3.63, 3.8) is 0 Å². The van der Waals surface area contributed by atoms with Crippen LogP contribution in [-0.4, -0.2) is 52.2 Å². The van der Waals surface area contributed by atoms with Crippen molar-refractivity contribution in [1.29, 1.82) is 0 Å². The van der Waals surface area contributed by atoms with Crippen LogP contribution in [0.4, 0.5) is 0 Å². The molecule has 0 fully saturated rings. The molecule has 0 aliphatic heterocycles. The van der Waals surface area contributed by atoms with Crippen molar-refractivity contribution in [2.75, 3.05) is 46.2 Å². The zero-order valence-electron chi connectivity index (χ0n) is 13.4. The Bertz CT molecular complexity index is 228. The van der Waals surface area contributed by atoms with Gasteiger partial charge in [-0.2, -0.15) is 0 Å². The second-order valence-corrected chi connectivity index (χ2v) is 5.54. The van der Waals surface area contributed by atoms with Gasteiger partial charge in [-0.05, 0) is 18.3 Å². The fraction of sp³-hybridized carbons (Fsp3) is 0.933. The summed E-state index contributed by atoms with van der Waals surface area (Å²) in [6.07, 6.45) is 1.07. The highest BCUT2D eigenvalue weighted by atomic mass is 16.6. The smallest absolute Gasteiger partial charge is 0.332 e. The minimum absolute atomic E-state index is 0.0129. The van der Waals surface area contributed by atoms with E-state index in [1.54, 1.807) is 0 Å². The molecule has 0 heterocycles. The summed E-state index contributed by atoms with van der Waals surface area (Å²) in [5.41, 5.74) is 0. The van der Waals surface area contributed by atoms with Crippen LogP contribution in [0.1, 0.15) is 34.1 Å². The molecule has 0 bridgehead atoms. The van der Waals surface area contributed by atoms with Gasteiger partial charge in [0, 0.05) is 6.61 Å². The fourth-order valence-electron chi connectivity index (χ4n) is 1.22. The maximum Gasteiger partial charge on any atom is 0.332 e. The molecule has 0 rings (SSSR count). The lowest BCUT2D eigenvalue weighted by Crippen LogP contribution is -2.17. The van der Waals surface area contributed by atoms with Crippen molar-refractivity contribution in [2.45, 2.75) is 34.1 Å². The second kappa shape index (κ2) is 13.3. The van der Waals surface area contributed by atoms with Crippen LogP contribution in [0.25, 0.3) is 0 Å². The van der Waals surface area contributed by atoms with E-state index in [1.807, 2.05) is 13.8 Å². The van der Waals surface area contributed by atoms with E-state index in [4.69, 9.17) is 18.9 Å². The monoisotopic (exact) mass is 290 g/mol. The number of hydrogen-bond acceptors (Lipinski definition) is 5. The largest absolute Gasteiger partial charge is 0.464 e. The highest BCUT2D eigenvalue weighted by Crippen LogP contribution is 1.98. The van der Waals surface area contributed by atoms with Gasteiger partial charge in [0.05, 0.1) is 33.0 Å². The standard InChI is InChI=1S/C15H30O5/c1-13(2)5-6-17-7-8-18-9-10-19-12-15(16)20-11-14(3)4/h13-14H,5-12H2,1-4H3. The zero-order valence-corrected chi connectivity index (χ0v) is 13.4. The van der Waals surface area contributed by atoms with Crippen LogP contribution in [0.2, 0.25) is 0 Å². The molecule has 5 nitrogen and oxygen atoms in total. The number of hydrogen-bond donors (Lipinski definition) is 0. The first-order chi connectivity index (χ1) is 9.52. The zero-order chi connectivity index (χ0) is 15.2. The van der Waals surface area contributed by atoms with Crippen LogP contribution < -0.4 is 0 Å². The van der Waals surface area contributed by atoms with Crippen molar-refractivity contribution in [1.82, 2.24) is 0 Å². The Morgan fingerprint density at radius 3 is 1.90 bits per heavy atom. The lowest BCUT2D eigenvalue weighted by Gasteiger charge is -2.08. The normalized spacial score (nSPS) is 11.3. The topological polar surface area (TPSA) is 54.0 Å². The third-order valence-corrected chi connectivity index (χ3v) is 2.38. The van der Waals surface area contributed by atoms with Crippen LogP contribution >= 0.6 is 0 Å². The van der Waals surface area contributed by atoms with Gasteiger partial charge in [0.2, 0.25) is 0 Å². The maximum absolute atomic E-state index is 11.2. The molecule has 0 unspecified atom stereocenters. The quantitative estimate of drug-likeness (QED) is 0.385. The second-order valence-electron chi connectivity index (χ2n) is 5.54. The lowest BCUT2D eigenvalue weighted by atomic mass is 10.1. The number of carbonyl (C=O) groups is 1.